The first-order chi connectivity index (χ1) is 12.7. The molecule has 0 saturated carbocycles. The van der Waals surface area contributed by atoms with Crippen LogP contribution in [0.5, 0.6) is 5.75 Å². The summed E-state index contributed by atoms with van der Waals surface area (Å²) in [6.07, 6.45) is 0.240. The minimum Gasteiger partial charge on any atom is -0.497 e. The Morgan fingerprint density at radius 3 is 2.85 bits per heavy atom. The van der Waals surface area contributed by atoms with Gasteiger partial charge in [-0.25, -0.2) is 9.37 Å². The molecule has 0 radical (unpaired) electrons. The van der Waals surface area contributed by atoms with Gasteiger partial charge in [-0.2, -0.15) is 0 Å². The van der Waals surface area contributed by atoms with Crippen LogP contribution in [0.2, 0.25) is 0 Å². The Kier molecular flexibility index (Phi) is 4.26. The lowest BCUT2D eigenvalue weighted by Crippen LogP contribution is -2.12. The number of ether oxygens (including phenoxy) is 1. The zero-order valence-corrected chi connectivity index (χ0v) is 14.8. The van der Waals surface area contributed by atoms with Gasteiger partial charge in [-0.1, -0.05) is 30.3 Å². The summed E-state index contributed by atoms with van der Waals surface area (Å²) < 4.78 is 19.1. The minimum atomic E-state index is -0.307. The quantitative estimate of drug-likeness (QED) is 0.583. The number of benzene rings is 2. The molecule has 4 rings (SSSR count). The highest BCUT2D eigenvalue weighted by atomic mass is 32.1. The van der Waals surface area contributed by atoms with E-state index in [-0.39, 0.29) is 17.8 Å². The zero-order chi connectivity index (χ0) is 18.1. The average Bonchev–Trinajstić information content (AvgIpc) is 3.08. The second-order valence-electron chi connectivity index (χ2n) is 5.84. The molecule has 2 aromatic heterocycles. The summed E-state index contributed by atoms with van der Waals surface area (Å²) in [5.74, 6) is 0.868. The Morgan fingerprint density at radius 2 is 2.04 bits per heavy atom. The van der Waals surface area contributed by atoms with Crippen molar-refractivity contribution in [1.82, 2.24) is 9.97 Å². The fourth-order valence-electron chi connectivity index (χ4n) is 2.90. The van der Waals surface area contributed by atoms with Gasteiger partial charge in [0.15, 0.2) is 0 Å². The summed E-state index contributed by atoms with van der Waals surface area (Å²) in [4.78, 5) is 20.6. The summed E-state index contributed by atoms with van der Waals surface area (Å²) in [7, 11) is 1.61. The Hall–Kier alpha value is -2.99. The van der Waals surface area contributed by atoms with Crippen LogP contribution < -0.4 is 10.3 Å². The van der Waals surface area contributed by atoms with Crippen molar-refractivity contribution in [2.75, 3.05) is 7.11 Å². The number of nitrogens with zero attached hydrogens (tertiary/aromatic N) is 1. The molecule has 0 fully saturated rings. The standard InChI is InChI=1S/C20H15FN2O2S/c1-25-14-7-4-6-12(9-14)15-11-26-20-18(15)19(24)22-17(23-20)10-13-5-2-3-8-16(13)21/h2-9,11H,10H2,1H3,(H,22,23,24). The number of fused-ring (bicyclic) bond motifs is 1. The molecule has 0 saturated heterocycles. The normalized spacial score (nSPS) is 11.0. The molecule has 0 unspecified atom stereocenters. The van der Waals surface area contributed by atoms with Crippen molar-refractivity contribution in [3.8, 4) is 16.9 Å². The highest BCUT2D eigenvalue weighted by Crippen LogP contribution is 2.32. The van der Waals surface area contributed by atoms with E-state index in [4.69, 9.17) is 4.74 Å². The summed E-state index contributed by atoms with van der Waals surface area (Å²) in [5.41, 5.74) is 1.99. The van der Waals surface area contributed by atoms with Gasteiger partial charge < -0.3 is 9.72 Å². The number of aromatic nitrogens is 2. The fourth-order valence-corrected chi connectivity index (χ4v) is 3.87. The first-order valence-electron chi connectivity index (χ1n) is 8.04. The zero-order valence-electron chi connectivity index (χ0n) is 14.0. The molecule has 2 aromatic carbocycles. The lowest BCUT2D eigenvalue weighted by molar-refractivity contribution is 0.415. The van der Waals surface area contributed by atoms with E-state index in [1.54, 1.807) is 25.3 Å². The molecule has 0 atom stereocenters. The van der Waals surface area contributed by atoms with Crippen molar-refractivity contribution in [2.24, 2.45) is 0 Å². The Labute approximate surface area is 152 Å². The second-order valence-corrected chi connectivity index (χ2v) is 6.70. The maximum Gasteiger partial charge on any atom is 0.260 e. The van der Waals surface area contributed by atoms with Crippen LogP contribution in [0.15, 0.2) is 58.7 Å². The number of hydrogen-bond donors (Lipinski definition) is 1. The maximum atomic E-state index is 13.9. The van der Waals surface area contributed by atoms with Crippen molar-refractivity contribution in [2.45, 2.75) is 6.42 Å². The molecule has 0 aliphatic carbocycles. The van der Waals surface area contributed by atoms with Gasteiger partial charge in [0.1, 0.15) is 22.2 Å². The Bertz CT molecular complexity index is 1150. The molecule has 0 amide bonds. The van der Waals surface area contributed by atoms with Gasteiger partial charge in [-0.05, 0) is 29.3 Å². The lowest BCUT2D eigenvalue weighted by atomic mass is 10.1. The van der Waals surface area contributed by atoms with Crippen molar-refractivity contribution < 1.29 is 9.13 Å². The molecule has 0 spiro atoms. The monoisotopic (exact) mass is 366 g/mol. The molecule has 4 aromatic rings. The van der Waals surface area contributed by atoms with Crippen LogP contribution in [0.3, 0.4) is 0 Å². The highest BCUT2D eigenvalue weighted by Gasteiger charge is 2.14. The highest BCUT2D eigenvalue weighted by molar-refractivity contribution is 7.17. The fraction of sp³-hybridized carbons (Fsp3) is 0.100. The van der Waals surface area contributed by atoms with Crippen molar-refractivity contribution in [3.05, 3.63) is 81.5 Å². The third-order valence-corrected chi connectivity index (χ3v) is 5.06. The molecular formula is C20H15FN2O2S. The predicted molar refractivity (Wildman–Crippen MR) is 101 cm³/mol. The number of thiophene rings is 1. The maximum absolute atomic E-state index is 13.9. The summed E-state index contributed by atoms with van der Waals surface area (Å²) in [5, 5.41) is 2.45. The van der Waals surface area contributed by atoms with E-state index in [2.05, 4.69) is 9.97 Å². The first kappa shape index (κ1) is 16.5. The molecule has 0 aliphatic heterocycles. The van der Waals surface area contributed by atoms with Crippen molar-refractivity contribution in [1.29, 1.82) is 0 Å². The smallest absolute Gasteiger partial charge is 0.260 e. The first-order valence-corrected chi connectivity index (χ1v) is 8.92. The number of rotatable bonds is 4. The number of aromatic amines is 1. The Morgan fingerprint density at radius 1 is 1.19 bits per heavy atom. The molecule has 0 aliphatic rings. The molecule has 26 heavy (non-hydrogen) atoms. The van der Waals surface area contributed by atoms with E-state index < -0.39 is 0 Å². The second kappa shape index (κ2) is 6.72. The van der Waals surface area contributed by atoms with E-state index in [0.717, 1.165) is 16.9 Å². The van der Waals surface area contributed by atoms with E-state index >= 15 is 0 Å². The van der Waals surface area contributed by atoms with E-state index in [1.165, 1.54) is 17.4 Å². The lowest BCUT2D eigenvalue weighted by Gasteiger charge is -2.05. The van der Waals surface area contributed by atoms with E-state index in [9.17, 15) is 9.18 Å². The number of hydrogen-bond acceptors (Lipinski definition) is 4. The minimum absolute atomic E-state index is 0.222. The van der Waals surface area contributed by atoms with Crippen molar-refractivity contribution in [3.63, 3.8) is 0 Å². The molecule has 6 heteroatoms. The van der Waals surface area contributed by atoms with Gasteiger partial charge in [-0.15, -0.1) is 11.3 Å². The van der Waals surface area contributed by atoms with Crippen LogP contribution in [-0.4, -0.2) is 17.1 Å². The molecule has 2 heterocycles. The number of nitrogens with one attached hydrogen (secondary N) is 1. The SMILES string of the molecule is COc1cccc(-c2csc3nc(Cc4ccccc4F)[nH]c(=O)c23)c1. The van der Waals surface area contributed by atoms with E-state index in [0.29, 0.717) is 21.6 Å². The van der Waals surface area contributed by atoms with Crippen LogP contribution >= 0.6 is 11.3 Å². The van der Waals surface area contributed by atoms with Crippen LogP contribution in [-0.2, 0) is 6.42 Å². The van der Waals surface area contributed by atoms with Crippen LogP contribution in [0.25, 0.3) is 21.3 Å². The average molecular weight is 366 g/mol. The third-order valence-electron chi connectivity index (χ3n) is 4.19. The van der Waals surface area contributed by atoms with Gasteiger partial charge in [0.2, 0.25) is 0 Å². The van der Waals surface area contributed by atoms with Crippen LogP contribution in [0.4, 0.5) is 4.39 Å². The molecule has 4 nitrogen and oxygen atoms in total. The number of H-pyrrole nitrogens is 1. The summed E-state index contributed by atoms with van der Waals surface area (Å²) in [6.45, 7) is 0. The summed E-state index contributed by atoms with van der Waals surface area (Å²) >= 11 is 1.40. The van der Waals surface area contributed by atoms with E-state index in [1.807, 2.05) is 29.6 Å². The summed E-state index contributed by atoms with van der Waals surface area (Å²) in [6, 6.07) is 14.0. The van der Waals surface area contributed by atoms with Gasteiger partial charge in [-0.3, -0.25) is 4.79 Å². The van der Waals surface area contributed by atoms with Crippen LogP contribution in [0, 0.1) is 5.82 Å². The predicted octanol–water partition coefficient (Wildman–Crippen LogP) is 4.39. The molecule has 1 N–H and O–H groups in total. The largest absolute Gasteiger partial charge is 0.497 e. The van der Waals surface area contributed by atoms with Gasteiger partial charge >= 0.3 is 0 Å². The van der Waals surface area contributed by atoms with Crippen molar-refractivity contribution >= 4 is 21.6 Å². The topological polar surface area (TPSA) is 55.0 Å². The molecule has 130 valence electrons. The molecular weight excluding hydrogens is 351 g/mol. The number of halogens is 1. The molecule has 0 bridgehead atoms. The van der Waals surface area contributed by atoms with Gasteiger partial charge in [0.05, 0.1) is 12.5 Å². The third kappa shape index (κ3) is 2.99. The Balaban J connectivity index is 1.78. The van der Waals surface area contributed by atoms with Gasteiger partial charge in [0, 0.05) is 17.4 Å². The number of methoxy groups -OCH3 is 1. The van der Waals surface area contributed by atoms with Crippen LogP contribution in [0.1, 0.15) is 11.4 Å². The van der Waals surface area contributed by atoms with Gasteiger partial charge in [0.25, 0.3) is 5.56 Å².